The lowest BCUT2D eigenvalue weighted by molar-refractivity contribution is 0.393. The molecule has 0 aromatic rings. The van der Waals surface area contributed by atoms with E-state index in [0.29, 0.717) is 0 Å². The van der Waals surface area contributed by atoms with Crippen LogP contribution in [0.5, 0.6) is 0 Å². The van der Waals surface area contributed by atoms with Crippen LogP contribution in [0.15, 0.2) is 12.2 Å². The molecule has 0 aliphatic rings. The van der Waals surface area contributed by atoms with Crippen LogP contribution in [0.4, 0.5) is 0 Å². The zero-order valence-corrected chi connectivity index (χ0v) is 20.7. The third-order valence-electron chi connectivity index (χ3n) is 5.82. The Bertz CT molecular complexity index is 312. The van der Waals surface area contributed by atoms with Crippen LogP contribution in [-0.4, -0.2) is 38.6 Å². The average molecular weight is 409 g/mol. The molecule has 0 unspecified atom stereocenters. The second kappa shape index (κ2) is 25.7. The van der Waals surface area contributed by atoms with Gasteiger partial charge in [0.1, 0.15) is 0 Å². The predicted octanol–water partition coefficient (Wildman–Crippen LogP) is 8.13. The summed E-state index contributed by atoms with van der Waals surface area (Å²) in [6, 6.07) is 0. The summed E-state index contributed by atoms with van der Waals surface area (Å²) in [4.78, 5) is 2.26. The van der Waals surface area contributed by atoms with Crippen molar-refractivity contribution in [3.63, 3.8) is 0 Å². The molecule has 0 aliphatic carbocycles. The first kappa shape index (κ1) is 28.7. The summed E-state index contributed by atoms with van der Waals surface area (Å²) in [6.45, 7) is 5.87. The number of unbranched alkanes of at least 4 members (excludes halogenated alkanes) is 16. The topological polar surface area (TPSA) is 15.3 Å². The third kappa shape index (κ3) is 27.7. The Morgan fingerprint density at radius 3 is 1.41 bits per heavy atom. The first-order valence-electron chi connectivity index (χ1n) is 13.3. The van der Waals surface area contributed by atoms with Crippen molar-refractivity contribution in [1.82, 2.24) is 10.2 Å². The molecule has 174 valence electrons. The lowest BCUT2D eigenvalue weighted by Crippen LogP contribution is -2.22. The maximum absolute atomic E-state index is 3.57. The highest BCUT2D eigenvalue weighted by Crippen LogP contribution is 2.12. The van der Waals surface area contributed by atoms with Gasteiger partial charge in [-0.2, -0.15) is 0 Å². The van der Waals surface area contributed by atoms with Crippen LogP contribution in [0.25, 0.3) is 0 Å². The minimum absolute atomic E-state index is 1.17. The average Bonchev–Trinajstić information content (AvgIpc) is 2.71. The minimum atomic E-state index is 1.17. The van der Waals surface area contributed by atoms with Gasteiger partial charge < -0.3 is 10.2 Å². The standard InChI is InChI=1S/C27H56N2/c1-4-5-6-7-8-9-10-11-12-13-14-15-16-17-18-19-20-21-22-23-25-28-26-24-27-29(2)3/h11-12,28H,4-10,13-27H2,1-3H3. The number of nitrogens with one attached hydrogen (secondary N) is 1. The second-order valence-electron chi connectivity index (χ2n) is 9.26. The normalized spacial score (nSPS) is 11.9. The smallest absolute Gasteiger partial charge is 0.00127 e. The van der Waals surface area contributed by atoms with Crippen molar-refractivity contribution >= 4 is 0 Å². The zero-order valence-electron chi connectivity index (χ0n) is 20.7. The molecule has 0 heterocycles. The quantitative estimate of drug-likeness (QED) is 0.128. The Morgan fingerprint density at radius 1 is 0.517 bits per heavy atom. The molecule has 0 aliphatic heterocycles. The van der Waals surface area contributed by atoms with E-state index in [2.05, 4.69) is 43.4 Å². The van der Waals surface area contributed by atoms with Gasteiger partial charge in [-0.15, -0.1) is 0 Å². The summed E-state index contributed by atoms with van der Waals surface area (Å²) in [5.74, 6) is 0. The van der Waals surface area contributed by atoms with E-state index >= 15 is 0 Å². The van der Waals surface area contributed by atoms with E-state index in [0.717, 1.165) is 0 Å². The molecular weight excluding hydrogens is 352 g/mol. The molecule has 2 heteroatoms. The molecule has 0 amide bonds. The highest BCUT2D eigenvalue weighted by Gasteiger charge is 1.94. The summed E-state index contributed by atoms with van der Waals surface area (Å²) < 4.78 is 0. The highest BCUT2D eigenvalue weighted by molar-refractivity contribution is 4.81. The third-order valence-corrected chi connectivity index (χ3v) is 5.82. The number of hydrogen-bond donors (Lipinski definition) is 1. The second-order valence-corrected chi connectivity index (χ2v) is 9.26. The van der Waals surface area contributed by atoms with Gasteiger partial charge in [-0.1, -0.05) is 103 Å². The van der Waals surface area contributed by atoms with Crippen molar-refractivity contribution in [1.29, 1.82) is 0 Å². The van der Waals surface area contributed by atoms with Crippen molar-refractivity contribution in [2.45, 2.75) is 129 Å². The van der Waals surface area contributed by atoms with Gasteiger partial charge in [0, 0.05) is 0 Å². The maximum atomic E-state index is 3.57. The molecule has 0 bridgehead atoms. The van der Waals surface area contributed by atoms with Gasteiger partial charge in [-0.25, -0.2) is 0 Å². The van der Waals surface area contributed by atoms with Gasteiger partial charge in [0.25, 0.3) is 0 Å². The maximum Gasteiger partial charge on any atom is -0.00127 e. The van der Waals surface area contributed by atoms with E-state index in [1.54, 1.807) is 0 Å². The molecule has 0 saturated heterocycles. The summed E-state index contributed by atoms with van der Waals surface area (Å²) in [5, 5.41) is 3.57. The number of hydrogen-bond acceptors (Lipinski definition) is 2. The van der Waals surface area contributed by atoms with Crippen LogP contribution in [-0.2, 0) is 0 Å². The Morgan fingerprint density at radius 2 is 0.931 bits per heavy atom. The molecule has 0 rings (SSSR count). The lowest BCUT2D eigenvalue weighted by atomic mass is 10.1. The van der Waals surface area contributed by atoms with Crippen molar-refractivity contribution in [2.24, 2.45) is 0 Å². The molecule has 1 N–H and O–H groups in total. The van der Waals surface area contributed by atoms with Crippen molar-refractivity contribution in [2.75, 3.05) is 33.7 Å². The SMILES string of the molecule is CCCCCCCCC=CCCCCCCCCCCCCNCCCN(C)C. The summed E-state index contributed by atoms with van der Waals surface area (Å²) in [7, 11) is 4.30. The van der Waals surface area contributed by atoms with E-state index < -0.39 is 0 Å². The Labute approximate surface area is 185 Å². The van der Waals surface area contributed by atoms with E-state index in [9.17, 15) is 0 Å². The number of rotatable bonds is 24. The molecule has 2 nitrogen and oxygen atoms in total. The molecule has 0 saturated carbocycles. The molecule has 0 aromatic carbocycles. The number of nitrogens with zero attached hydrogens (tertiary/aromatic N) is 1. The summed E-state index contributed by atoms with van der Waals surface area (Å²) >= 11 is 0. The summed E-state index contributed by atoms with van der Waals surface area (Å²) in [5.41, 5.74) is 0. The van der Waals surface area contributed by atoms with E-state index in [4.69, 9.17) is 0 Å². The molecule has 0 radical (unpaired) electrons. The van der Waals surface area contributed by atoms with Crippen molar-refractivity contribution < 1.29 is 0 Å². The van der Waals surface area contributed by atoms with E-state index in [1.165, 1.54) is 142 Å². The van der Waals surface area contributed by atoms with Crippen LogP contribution in [0, 0.1) is 0 Å². The fourth-order valence-corrected chi connectivity index (χ4v) is 3.85. The van der Waals surface area contributed by atoms with Gasteiger partial charge in [0.2, 0.25) is 0 Å². The lowest BCUT2D eigenvalue weighted by Gasteiger charge is -2.09. The number of allylic oxidation sites excluding steroid dienone is 2. The largest absolute Gasteiger partial charge is 0.317 e. The van der Waals surface area contributed by atoms with Crippen LogP contribution in [0.1, 0.15) is 129 Å². The highest BCUT2D eigenvalue weighted by atomic mass is 15.0. The molecular formula is C27H56N2. The fraction of sp³-hybridized carbons (Fsp3) is 0.926. The molecule has 29 heavy (non-hydrogen) atoms. The molecule has 0 atom stereocenters. The Balaban J connectivity index is 3.05. The first-order valence-corrected chi connectivity index (χ1v) is 13.3. The van der Waals surface area contributed by atoms with Gasteiger partial charge in [0.15, 0.2) is 0 Å². The minimum Gasteiger partial charge on any atom is -0.317 e. The van der Waals surface area contributed by atoms with Crippen LogP contribution < -0.4 is 5.32 Å². The van der Waals surface area contributed by atoms with Gasteiger partial charge in [0.05, 0.1) is 0 Å². The Hall–Kier alpha value is -0.340. The van der Waals surface area contributed by atoms with E-state index in [-0.39, 0.29) is 0 Å². The van der Waals surface area contributed by atoms with E-state index in [1.807, 2.05) is 0 Å². The van der Waals surface area contributed by atoms with Crippen LogP contribution in [0.3, 0.4) is 0 Å². The van der Waals surface area contributed by atoms with Crippen LogP contribution in [0.2, 0.25) is 0 Å². The van der Waals surface area contributed by atoms with Crippen molar-refractivity contribution in [3.8, 4) is 0 Å². The zero-order chi connectivity index (χ0) is 21.3. The molecule has 0 aromatic heterocycles. The Kier molecular flexibility index (Phi) is 25.4. The van der Waals surface area contributed by atoms with Crippen LogP contribution >= 0.6 is 0 Å². The fourth-order valence-electron chi connectivity index (χ4n) is 3.85. The monoisotopic (exact) mass is 408 g/mol. The predicted molar refractivity (Wildman–Crippen MR) is 134 cm³/mol. The van der Waals surface area contributed by atoms with Gasteiger partial charge in [-0.05, 0) is 72.3 Å². The summed E-state index contributed by atoms with van der Waals surface area (Å²) in [6.07, 6.45) is 31.5. The molecule has 0 fully saturated rings. The van der Waals surface area contributed by atoms with Crippen molar-refractivity contribution in [3.05, 3.63) is 12.2 Å². The van der Waals surface area contributed by atoms with Gasteiger partial charge in [-0.3, -0.25) is 0 Å². The van der Waals surface area contributed by atoms with Gasteiger partial charge >= 0.3 is 0 Å². The molecule has 0 spiro atoms. The first-order chi connectivity index (χ1) is 14.3.